The Labute approximate surface area is 116 Å². The van der Waals surface area contributed by atoms with Crippen LogP contribution in [-0.4, -0.2) is 34.2 Å². The summed E-state index contributed by atoms with van der Waals surface area (Å²) in [7, 11) is 0. The summed E-state index contributed by atoms with van der Waals surface area (Å²) >= 11 is 0. The molecule has 20 heavy (non-hydrogen) atoms. The minimum atomic E-state index is -1.26. The van der Waals surface area contributed by atoms with Crippen molar-refractivity contribution >= 4 is 23.5 Å². The molecule has 0 aromatic carbocycles. The monoisotopic (exact) mass is 282 g/mol. The van der Waals surface area contributed by atoms with Crippen molar-refractivity contribution in [2.45, 2.75) is 39.2 Å². The number of ketones is 2. The number of hydrogen-bond donors (Lipinski definition) is 1. The molecule has 0 aliphatic heterocycles. The first kappa shape index (κ1) is 16.1. The lowest BCUT2D eigenvalue weighted by molar-refractivity contribution is -0.156. The summed E-state index contributed by atoms with van der Waals surface area (Å²) in [6.45, 7) is 5.11. The van der Waals surface area contributed by atoms with E-state index < -0.39 is 40.9 Å². The summed E-state index contributed by atoms with van der Waals surface area (Å²) in [5, 5.41) is 9.13. The number of carbonyl (C=O) groups is 4. The van der Waals surface area contributed by atoms with Crippen molar-refractivity contribution in [2.24, 2.45) is 11.8 Å². The van der Waals surface area contributed by atoms with Gasteiger partial charge in [-0.05, 0) is 39.3 Å². The first-order valence-corrected chi connectivity index (χ1v) is 6.32. The maximum atomic E-state index is 11.6. The first-order valence-electron chi connectivity index (χ1n) is 6.32. The molecule has 0 fully saturated rings. The highest BCUT2D eigenvalue weighted by Gasteiger charge is 2.40. The number of rotatable bonds is 5. The van der Waals surface area contributed by atoms with Gasteiger partial charge in [-0.1, -0.05) is 0 Å². The van der Waals surface area contributed by atoms with Crippen molar-refractivity contribution in [3.63, 3.8) is 0 Å². The number of aliphatic carboxylic acids is 1. The molecule has 0 unspecified atom stereocenters. The Kier molecular flexibility index (Phi) is 4.81. The predicted molar refractivity (Wildman–Crippen MR) is 68.8 cm³/mol. The molecule has 1 aliphatic carbocycles. The molecule has 0 aromatic heterocycles. The minimum Gasteiger partial charge on any atom is -0.481 e. The summed E-state index contributed by atoms with van der Waals surface area (Å²) in [6.07, 6.45) is 1.91. The van der Waals surface area contributed by atoms with Crippen molar-refractivity contribution in [3.05, 3.63) is 12.2 Å². The van der Waals surface area contributed by atoms with Gasteiger partial charge in [0.1, 0.15) is 5.60 Å². The highest BCUT2D eigenvalue weighted by molar-refractivity contribution is 6.20. The molecule has 0 amide bonds. The van der Waals surface area contributed by atoms with Gasteiger partial charge in [-0.25, -0.2) is 0 Å². The summed E-state index contributed by atoms with van der Waals surface area (Å²) in [4.78, 5) is 45.8. The van der Waals surface area contributed by atoms with Gasteiger partial charge in [0, 0.05) is 6.42 Å². The van der Waals surface area contributed by atoms with Gasteiger partial charge in [0.05, 0.1) is 11.8 Å². The fourth-order valence-electron chi connectivity index (χ4n) is 2.01. The fraction of sp³-hybridized carbons (Fsp3) is 0.571. The number of hydrogen-bond acceptors (Lipinski definition) is 5. The molecule has 0 radical (unpaired) electrons. The molecule has 0 heterocycles. The van der Waals surface area contributed by atoms with Gasteiger partial charge >= 0.3 is 11.9 Å². The molecular formula is C14H18O6. The molecule has 1 aliphatic rings. The number of esters is 1. The van der Waals surface area contributed by atoms with E-state index in [1.165, 1.54) is 0 Å². The Hall–Kier alpha value is -1.98. The molecular weight excluding hydrogens is 264 g/mol. The van der Waals surface area contributed by atoms with E-state index in [1.807, 2.05) is 0 Å². The van der Waals surface area contributed by atoms with Crippen LogP contribution in [0.4, 0.5) is 0 Å². The number of ether oxygens (including phenoxy) is 1. The van der Waals surface area contributed by atoms with Gasteiger partial charge in [-0.3, -0.25) is 19.2 Å². The zero-order valence-electron chi connectivity index (χ0n) is 11.7. The normalized spacial score (nSPS) is 17.4. The molecule has 0 aromatic rings. The molecule has 0 saturated carbocycles. The first-order chi connectivity index (χ1) is 9.11. The van der Waals surface area contributed by atoms with E-state index in [0.29, 0.717) is 0 Å². The third kappa shape index (κ3) is 4.29. The third-order valence-corrected chi connectivity index (χ3v) is 2.82. The molecule has 0 saturated heterocycles. The van der Waals surface area contributed by atoms with Crippen molar-refractivity contribution in [1.29, 1.82) is 0 Å². The fourth-order valence-corrected chi connectivity index (χ4v) is 2.01. The van der Waals surface area contributed by atoms with E-state index >= 15 is 0 Å². The molecule has 6 nitrogen and oxygen atoms in total. The van der Waals surface area contributed by atoms with E-state index in [2.05, 4.69) is 0 Å². The largest absolute Gasteiger partial charge is 0.481 e. The van der Waals surface area contributed by atoms with Crippen LogP contribution in [0.5, 0.6) is 0 Å². The van der Waals surface area contributed by atoms with Crippen LogP contribution in [0.2, 0.25) is 0 Å². The van der Waals surface area contributed by atoms with Crippen molar-refractivity contribution in [3.8, 4) is 0 Å². The Morgan fingerprint density at radius 3 is 2.15 bits per heavy atom. The van der Waals surface area contributed by atoms with Crippen LogP contribution in [0.15, 0.2) is 12.2 Å². The smallest absolute Gasteiger partial charge is 0.307 e. The quantitative estimate of drug-likeness (QED) is 0.599. The molecule has 0 spiro atoms. The van der Waals surface area contributed by atoms with Crippen LogP contribution in [0.25, 0.3) is 0 Å². The Morgan fingerprint density at radius 2 is 1.75 bits per heavy atom. The van der Waals surface area contributed by atoms with Crippen LogP contribution < -0.4 is 0 Å². The van der Waals surface area contributed by atoms with E-state index in [4.69, 9.17) is 9.84 Å². The molecule has 1 N–H and O–H groups in total. The number of carboxylic acids is 1. The topological polar surface area (TPSA) is 97.7 Å². The number of carboxylic acid groups (broad SMARTS) is 1. The summed E-state index contributed by atoms with van der Waals surface area (Å²) in [6, 6.07) is 0. The van der Waals surface area contributed by atoms with Gasteiger partial charge < -0.3 is 9.84 Å². The van der Waals surface area contributed by atoms with E-state index in [1.54, 1.807) is 20.8 Å². The van der Waals surface area contributed by atoms with Crippen molar-refractivity contribution in [2.75, 3.05) is 0 Å². The minimum absolute atomic E-state index is 0.103. The van der Waals surface area contributed by atoms with Crippen LogP contribution in [0.1, 0.15) is 33.6 Å². The standard InChI is InChI=1S/C14H18O6/c1-14(2,3)20-11(17)7-4-8(13(18)19)12-9(15)5-6-10(12)16/h5-6,8,12H,4,7H2,1-3H3,(H,18,19)/t8-/m1/s1. The Morgan fingerprint density at radius 1 is 1.25 bits per heavy atom. The third-order valence-electron chi connectivity index (χ3n) is 2.82. The highest BCUT2D eigenvalue weighted by atomic mass is 16.6. The van der Waals surface area contributed by atoms with Gasteiger partial charge in [0.25, 0.3) is 0 Å². The Bertz CT molecular complexity index is 451. The lowest BCUT2D eigenvalue weighted by Crippen LogP contribution is -2.32. The molecule has 6 heteroatoms. The highest BCUT2D eigenvalue weighted by Crippen LogP contribution is 2.25. The van der Waals surface area contributed by atoms with Gasteiger partial charge in [0.2, 0.25) is 0 Å². The van der Waals surface area contributed by atoms with Crippen molar-refractivity contribution in [1.82, 2.24) is 0 Å². The van der Waals surface area contributed by atoms with Gasteiger partial charge in [-0.15, -0.1) is 0 Å². The maximum absolute atomic E-state index is 11.6. The molecule has 1 atom stereocenters. The summed E-state index contributed by atoms with van der Waals surface area (Å²) < 4.78 is 5.07. The van der Waals surface area contributed by atoms with E-state index in [9.17, 15) is 19.2 Å². The second-order valence-electron chi connectivity index (χ2n) is 5.69. The van der Waals surface area contributed by atoms with Crippen LogP contribution in [0.3, 0.4) is 0 Å². The maximum Gasteiger partial charge on any atom is 0.307 e. The number of carbonyl (C=O) groups excluding carboxylic acids is 3. The summed E-state index contributed by atoms with van der Waals surface area (Å²) in [5.41, 5.74) is -0.656. The second-order valence-corrected chi connectivity index (χ2v) is 5.69. The lowest BCUT2D eigenvalue weighted by atomic mass is 9.85. The summed E-state index contributed by atoms with van der Waals surface area (Å²) in [5.74, 6) is -5.26. The van der Waals surface area contributed by atoms with Crippen LogP contribution in [0, 0.1) is 11.8 Å². The van der Waals surface area contributed by atoms with Crippen molar-refractivity contribution < 1.29 is 29.0 Å². The zero-order valence-corrected chi connectivity index (χ0v) is 11.7. The van der Waals surface area contributed by atoms with E-state index in [0.717, 1.165) is 12.2 Å². The van der Waals surface area contributed by atoms with Gasteiger partial charge in [0.15, 0.2) is 11.6 Å². The molecule has 110 valence electrons. The average molecular weight is 282 g/mol. The Balaban J connectivity index is 2.66. The van der Waals surface area contributed by atoms with Gasteiger partial charge in [-0.2, -0.15) is 0 Å². The SMILES string of the molecule is CC(C)(C)OC(=O)CC[C@@H](C(=O)O)C1C(=O)C=CC1=O. The van der Waals surface area contributed by atoms with Crippen LogP contribution >= 0.6 is 0 Å². The predicted octanol–water partition coefficient (Wildman–Crippen LogP) is 1.13. The average Bonchev–Trinajstić information content (AvgIpc) is 2.58. The lowest BCUT2D eigenvalue weighted by Gasteiger charge is -2.21. The zero-order chi connectivity index (χ0) is 15.5. The van der Waals surface area contributed by atoms with E-state index in [-0.39, 0.29) is 12.8 Å². The molecule has 1 rings (SSSR count). The number of allylic oxidation sites excluding steroid dienone is 2. The second kappa shape index (κ2) is 5.98. The molecule has 0 bridgehead atoms. The van der Waals surface area contributed by atoms with Crippen LogP contribution in [-0.2, 0) is 23.9 Å².